The normalized spacial score (nSPS) is 21.7. The summed E-state index contributed by atoms with van der Waals surface area (Å²) in [6, 6.07) is 3.45. The molecule has 30 heavy (non-hydrogen) atoms. The first kappa shape index (κ1) is 22.2. The van der Waals surface area contributed by atoms with E-state index in [0.29, 0.717) is 22.5 Å². The minimum Gasteiger partial charge on any atom is -0.496 e. The van der Waals surface area contributed by atoms with E-state index in [2.05, 4.69) is 0 Å². The second-order valence-corrected chi connectivity index (χ2v) is 8.66. The molecule has 3 rings (SSSR count). The van der Waals surface area contributed by atoms with E-state index in [1.807, 2.05) is 27.7 Å². The van der Waals surface area contributed by atoms with E-state index in [9.17, 15) is 9.59 Å². The van der Waals surface area contributed by atoms with E-state index in [1.54, 1.807) is 12.1 Å². The van der Waals surface area contributed by atoms with Gasteiger partial charge in [0.15, 0.2) is 0 Å². The molecule has 0 unspecified atom stereocenters. The van der Waals surface area contributed by atoms with Crippen LogP contribution in [-0.2, 0) is 28.4 Å². The monoisotopic (exact) mass is 418 g/mol. The first-order chi connectivity index (χ1) is 13.8. The standard InChI is InChI=1S/C21H27BO8/c1-19(2)20(3,4)30-22(29-19)12-9-15(25-7)13(16(10-12)26-8)11-14-17(23)27-21(5,6)28-18(14)24/h9-11H,1-8H3. The summed E-state index contributed by atoms with van der Waals surface area (Å²) < 4.78 is 33.5. The third-order valence-electron chi connectivity index (χ3n) is 5.50. The third kappa shape index (κ3) is 3.91. The van der Waals surface area contributed by atoms with Crippen LogP contribution < -0.4 is 14.9 Å². The minimum atomic E-state index is -1.32. The van der Waals surface area contributed by atoms with Gasteiger partial charge in [-0.2, -0.15) is 0 Å². The molecule has 2 saturated heterocycles. The molecular weight excluding hydrogens is 391 g/mol. The maximum Gasteiger partial charge on any atom is 0.495 e. The van der Waals surface area contributed by atoms with Crippen LogP contribution in [0.15, 0.2) is 17.7 Å². The van der Waals surface area contributed by atoms with Gasteiger partial charge in [-0.25, -0.2) is 9.59 Å². The fraction of sp³-hybridized carbons (Fsp3) is 0.524. The summed E-state index contributed by atoms with van der Waals surface area (Å²) in [5.41, 5.74) is -0.208. The molecule has 0 radical (unpaired) electrons. The average Bonchev–Trinajstić information content (AvgIpc) is 2.84. The zero-order chi connectivity index (χ0) is 22.5. The fourth-order valence-electron chi connectivity index (χ4n) is 3.14. The highest BCUT2D eigenvalue weighted by molar-refractivity contribution is 6.62. The number of carbonyl (C=O) groups excluding carboxylic acids is 2. The molecule has 8 nitrogen and oxygen atoms in total. The van der Waals surface area contributed by atoms with Crippen LogP contribution in [-0.4, -0.2) is 50.3 Å². The number of carbonyl (C=O) groups is 2. The molecule has 1 aromatic carbocycles. The Hall–Kier alpha value is -2.52. The molecule has 0 N–H and O–H groups in total. The number of rotatable bonds is 4. The van der Waals surface area contributed by atoms with Crippen molar-refractivity contribution in [3.05, 3.63) is 23.3 Å². The van der Waals surface area contributed by atoms with E-state index >= 15 is 0 Å². The van der Waals surface area contributed by atoms with Gasteiger partial charge in [0.2, 0.25) is 0 Å². The minimum absolute atomic E-state index is 0.255. The molecule has 0 saturated carbocycles. The lowest BCUT2D eigenvalue weighted by Crippen LogP contribution is -2.41. The predicted molar refractivity (Wildman–Crippen MR) is 110 cm³/mol. The quantitative estimate of drug-likeness (QED) is 0.318. The fourth-order valence-corrected chi connectivity index (χ4v) is 3.14. The highest BCUT2D eigenvalue weighted by Gasteiger charge is 2.52. The van der Waals surface area contributed by atoms with Crippen molar-refractivity contribution in [2.24, 2.45) is 0 Å². The highest BCUT2D eigenvalue weighted by Crippen LogP contribution is 2.38. The molecule has 9 heteroatoms. The lowest BCUT2D eigenvalue weighted by molar-refractivity contribution is -0.222. The van der Waals surface area contributed by atoms with Gasteiger partial charge in [0.05, 0.1) is 31.0 Å². The summed E-state index contributed by atoms with van der Waals surface area (Å²) >= 11 is 0. The van der Waals surface area contributed by atoms with Crippen LogP contribution in [0, 0.1) is 0 Å². The van der Waals surface area contributed by atoms with Gasteiger partial charge in [-0.1, -0.05) is 0 Å². The van der Waals surface area contributed by atoms with Crippen LogP contribution in [0.2, 0.25) is 0 Å². The molecule has 2 heterocycles. The second-order valence-electron chi connectivity index (χ2n) is 8.66. The summed E-state index contributed by atoms with van der Waals surface area (Å²) in [5.74, 6) is -2.14. The molecule has 2 aliphatic rings. The van der Waals surface area contributed by atoms with E-state index in [0.717, 1.165) is 0 Å². The largest absolute Gasteiger partial charge is 0.496 e. The van der Waals surface area contributed by atoms with Gasteiger partial charge >= 0.3 is 19.1 Å². The van der Waals surface area contributed by atoms with Crippen LogP contribution in [0.1, 0.15) is 47.1 Å². The molecule has 0 atom stereocenters. The number of cyclic esters (lactones) is 2. The zero-order valence-electron chi connectivity index (χ0n) is 18.6. The first-order valence-corrected chi connectivity index (χ1v) is 9.60. The Morgan fingerprint density at radius 1 is 0.833 bits per heavy atom. The van der Waals surface area contributed by atoms with Gasteiger partial charge in [-0.15, -0.1) is 0 Å². The summed E-state index contributed by atoms with van der Waals surface area (Å²) in [5, 5.41) is 0. The number of esters is 2. The summed E-state index contributed by atoms with van der Waals surface area (Å²) in [6.45, 7) is 10.8. The van der Waals surface area contributed by atoms with Gasteiger partial charge in [0, 0.05) is 13.8 Å². The van der Waals surface area contributed by atoms with Gasteiger partial charge < -0.3 is 28.3 Å². The molecule has 1 aromatic rings. The molecule has 2 aliphatic heterocycles. The molecule has 0 spiro atoms. The summed E-state index contributed by atoms with van der Waals surface area (Å²) in [7, 11) is 2.32. The van der Waals surface area contributed by atoms with Crippen LogP contribution in [0.4, 0.5) is 0 Å². The van der Waals surface area contributed by atoms with E-state index in [4.69, 9.17) is 28.3 Å². The average molecular weight is 418 g/mol. The Morgan fingerprint density at radius 2 is 1.27 bits per heavy atom. The van der Waals surface area contributed by atoms with Gasteiger partial charge in [-0.05, 0) is 51.4 Å². The zero-order valence-corrected chi connectivity index (χ0v) is 18.6. The summed E-state index contributed by atoms with van der Waals surface area (Å²) in [6.07, 6.45) is 1.34. The second kappa shape index (κ2) is 7.32. The van der Waals surface area contributed by atoms with Crippen LogP contribution in [0.3, 0.4) is 0 Å². The number of benzene rings is 1. The molecule has 0 amide bonds. The van der Waals surface area contributed by atoms with Crippen LogP contribution in [0.5, 0.6) is 11.5 Å². The highest BCUT2D eigenvalue weighted by atomic mass is 16.7. The Morgan fingerprint density at radius 3 is 1.67 bits per heavy atom. The maximum atomic E-state index is 12.3. The lowest BCUT2D eigenvalue weighted by Gasteiger charge is -2.32. The smallest absolute Gasteiger partial charge is 0.495 e. The van der Waals surface area contributed by atoms with Crippen LogP contribution >= 0.6 is 0 Å². The lowest BCUT2D eigenvalue weighted by atomic mass is 9.78. The van der Waals surface area contributed by atoms with E-state index in [1.165, 1.54) is 34.1 Å². The van der Waals surface area contributed by atoms with Crippen molar-refractivity contribution in [1.29, 1.82) is 0 Å². The number of hydrogen-bond donors (Lipinski definition) is 0. The van der Waals surface area contributed by atoms with E-state index < -0.39 is 36.0 Å². The van der Waals surface area contributed by atoms with Crippen molar-refractivity contribution in [3.63, 3.8) is 0 Å². The van der Waals surface area contributed by atoms with Crippen molar-refractivity contribution < 1.29 is 37.8 Å². The number of methoxy groups -OCH3 is 2. The van der Waals surface area contributed by atoms with Gasteiger partial charge in [-0.3, -0.25) is 0 Å². The molecule has 0 aromatic heterocycles. The van der Waals surface area contributed by atoms with Crippen molar-refractivity contribution in [3.8, 4) is 11.5 Å². The van der Waals surface area contributed by atoms with Crippen LogP contribution in [0.25, 0.3) is 6.08 Å². The topological polar surface area (TPSA) is 89.5 Å². The Bertz CT molecular complexity index is 853. The molecule has 2 fully saturated rings. The van der Waals surface area contributed by atoms with E-state index in [-0.39, 0.29) is 5.57 Å². The molecule has 0 bridgehead atoms. The molecular formula is C21H27BO8. The van der Waals surface area contributed by atoms with Crippen molar-refractivity contribution in [2.45, 2.75) is 58.5 Å². The SMILES string of the molecule is COc1cc(B2OC(C)(C)C(C)(C)O2)cc(OC)c1C=C1C(=O)OC(C)(C)OC1=O. The Balaban J connectivity index is 2.04. The van der Waals surface area contributed by atoms with Crippen molar-refractivity contribution in [2.75, 3.05) is 14.2 Å². The Labute approximate surface area is 176 Å². The van der Waals surface area contributed by atoms with Crippen molar-refractivity contribution >= 4 is 30.6 Å². The maximum absolute atomic E-state index is 12.3. The number of ether oxygens (including phenoxy) is 4. The van der Waals surface area contributed by atoms with Gasteiger partial charge in [0.25, 0.3) is 5.79 Å². The van der Waals surface area contributed by atoms with Crippen molar-refractivity contribution in [1.82, 2.24) is 0 Å². The predicted octanol–water partition coefficient (Wildman–Crippen LogP) is 2.22. The third-order valence-corrected chi connectivity index (χ3v) is 5.50. The Kier molecular flexibility index (Phi) is 5.41. The summed E-state index contributed by atoms with van der Waals surface area (Å²) in [4.78, 5) is 24.7. The number of hydrogen-bond acceptors (Lipinski definition) is 8. The first-order valence-electron chi connectivity index (χ1n) is 9.60. The molecule has 0 aliphatic carbocycles. The molecule has 162 valence electrons. The van der Waals surface area contributed by atoms with Gasteiger partial charge in [0.1, 0.15) is 17.1 Å².